The van der Waals surface area contributed by atoms with E-state index in [-0.39, 0.29) is 0 Å². The number of piperidine rings is 1. The number of rotatable bonds is 8. The monoisotopic (exact) mass is 228 g/mol. The highest BCUT2D eigenvalue weighted by Gasteiger charge is 2.17. The molecule has 96 valence electrons. The van der Waals surface area contributed by atoms with E-state index in [1.807, 2.05) is 0 Å². The van der Waals surface area contributed by atoms with Crippen LogP contribution in [0.4, 0.5) is 0 Å². The topological polar surface area (TPSA) is 24.5 Å². The lowest BCUT2D eigenvalue weighted by Crippen LogP contribution is -2.42. The molecule has 0 spiro atoms. The minimum absolute atomic E-state index is 0.773. The maximum atomic E-state index is 5.05. The van der Waals surface area contributed by atoms with E-state index in [9.17, 15) is 0 Å². The molecule has 0 unspecified atom stereocenters. The highest BCUT2D eigenvalue weighted by Crippen LogP contribution is 2.11. The van der Waals surface area contributed by atoms with Crippen LogP contribution in [-0.4, -0.2) is 50.8 Å². The quantitative estimate of drug-likeness (QED) is 0.642. The van der Waals surface area contributed by atoms with Crippen LogP contribution in [0, 0.1) is 0 Å². The lowest BCUT2D eigenvalue weighted by molar-refractivity contribution is 0.179. The lowest BCUT2D eigenvalue weighted by atomic mass is 10.0. The Bertz CT molecular complexity index is 156. The molecule has 0 amide bonds. The molecule has 0 atom stereocenters. The van der Waals surface area contributed by atoms with Gasteiger partial charge in [-0.25, -0.2) is 0 Å². The van der Waals surface area contributed by atoms with Crippen LogP contribution in [-0.2, 0) is 4.74 Å². The van der Waals surface area contributed by atoms with Gasteiger partial charge in [-0.15, -0.1) is 0 Å². The molecule has 0 radical (unpaired) electrons. The van der Waals surface area contributed by atoms with Crippen molar-refractivity contribution in [2.75, 3.05) is 39.9 Å². The van der Waals surface area contributed by atoms with E-state index < -0.39 is 0 Å². The van der Waals surface area contributed by atoms with Crippen molar-refractivity contribution < 1.29 is 4.74 Å². The maximum Gasteiger partial charge on any atom is 0.0462 e. The van der Waals surface area contributed by atoms with Gasteiger partial charge < -0.3 is 15.0 Å². The van der Waals surface area contributed by atoms with Gasteiger partial charge in [0.25, 0.3) is 0 Å². The summed E-state index contributed by atoms with van der Waals surface area (Å²) in [4.78, 5) is 2.61. The summed E-state index contributed by atoms with van der Waals surface area (Å²) in [7, 11) is 1.78. The summed E-state index contributed by atoms with van der Waals surface area (Å²) in [5, 5.41) is 3.55. The van der Waals surface area contributed by atoms with Gasteiger partial charge in [0.2, 0.25) is 0 Å². The first-order chi connectivity index (χ1) is 7.86. The summed E-state index contributed by atoms with van der Waals surface area (Å²) < 4.78 is 5.05. The first-order valence-corrected chi connectivity index (χ1v) is 6.81. The van der Waals surface area contributed by atoms with Gasteiger partial charge in [-0.3, -0.25) is 0 Å². The third kappa shape index (κ3) is 5.83. The molecule has 1 rings (SSSR count). The third-order valence-electron chi connectivity index (χ3n) is 3.40. The number of likely N-dealkylation sites (tertiary alicyclic amines) is 1. The largest absolute Gasteiger partial charge is 0.385 e. The molecule has 3 heteroatoms. The average molecular weight is 228 g/mol. The fourth-order valence-corrected chi connectivity index (χ4v) is 2.41. The summed E-state index contributed by atoms with van der Waals surface area (Å²) in [5.41, 5.74) is 0. The predicted molar refractivity (Wildman–Crippen MR) is 68.9 cm³/mol. The normalized spacial score (nSPS) is 19.1. The Hall–Kier alpha value is -0.120. The first-order valence-electron chi connectivity index (χ1n) is 6.81. The molecule has 1 aliphatic rings. The van der Waals surface area contributed by atoms with Crippen molar-refractivity contribution in [3.63, 3.8) is 0 Å². The van der Waals surface area contributed by atoms with E-state index in [2.05, 4.69) is 17.1 Å². The molecule has 0 saturated carbocycles. The molecule has 1 N–H and O–H groups in total. The fraction of sp³-hybridized carbons (Fsp3) is 1.00. The van der Waals surface area contributed by atoms with Gasteiger partial charge in [-0.05, 0) is 58.3 Å². The van der Waals surface area contributed by atoms with Gasteiger partial charge in [-0.1, -0.05) is 6.92 Å². The number of hydrogen-bond donors (Lipinski definition) is 1. The molecule has 0 aromatic rings. The lowest BCUT2D eigenvalue weighted by Gasteiger charge is -2.32. The zero-order valence-corrected chi connectivity index (χ0v) is 11.0. The Labute approximate surface area is 101 Å². The average Bonchev–Trinajstić information content (AvgIpc) is 2.31. The summed E-state index contributed by atoms with van der Waals surface area (Å²) in [6.07, 6.45) is 6.50. The van der Waals surface area contributed by atoms with Crippen LogP contribution in [0.15, 0.2) is 0 Å². The van der Waals surface area contributed by atoms with Gasteiger partial charge in [-0.2, -0.15) is 0 Å². The van der Waals surface area contributed by atoms with Gasteiger partial charge in [0.1, 0.15) is 0 Å². The van der Waals surface area contributed by atoms with Gasteiger partial charge in [0.15, 0.2) is 0 Å². The Morgan fingerprint density at radius 1 is 1.19 bits per heavy atom. The van der Waals surface area contributed by atoms with Gasteiger partial charge in [0, 0.05) is 19.8 Å². The highest BCUT2D eigenvalue weighted by atomic mass is 16.5. The fourth-order valence-electron chi connectivity index (χ4n) is 2.41. The number of hydrogen-bond acceptors (Lipinski definition) is 3. The van der Waals surface area contributed by atoms with Crippen molar-refractivity contribution in [1.82, 2.24) is 10.2 Å². The second-order valence-electron chi connectivity index (χ2n) is 4.73. The molecular formula is C13H28N2O. The highest BCUT2D eigenvalue weighted by molar-refractivity contribution is 4.76. The van der Waals surface area contributed by atoms with Crippen LogP contribution < -0.4 is 5.32 Å². The summed E-state index contributed by atoms with van der Waals surface area (Å²) >= 11 is 0. The molecule has 0 aromatic heterocycles. The van der Waals surface area contributed by atoms with Gasteiger partial charge in [0.05, 0.1) is 0 Å². The number of nitrogens with one attached hydrogen (secondary N) is 1. The molecule has 0 aromatic carbocycles. The molecular weight excluding hydrogens is 200 g/mol. The Morgan fingerprint density at radius 2 is 1.94 bits per heavy atom. The molecule has 16 heavy (non-hydrogen) atoms. The third-order valence-corrected chi connectivity index (χ3v) is 3.40. The smallest absolute Gasteiger partial charge is 0.0462 e. The van der Waals surface area contributed by atoms with E-state index in [4.69, 9.17) is 4.74 Å². The summed E-state index contributed by atoms with van der Waals surface area (Å²) in [6.45, 7) is 8.07. The standard InChI is InChI=1S/C13H28N2O/c1-3-14-13-7-10-15(11-8-13)9-5-4-6-12-16-2/h13-14H,3-12H2,1-2H3. The van der Waals surface area contributed by atoms with Crippen LogP contribution >= 0.6 is 0 Å². The van der Waals surface area contributed by atoms with Crippen LogP contribution in [0.3, 0.4) is 0 Å². The molecule has 1 fully saturated rings. The van der Waals surface area contributed by atoms with Crippen molar-refractivity contribution >= 4 is 0 Å². The number of ether oxygens (including phenoxy) is 1. The molecule has 1 saturated heterocycles. The minimum atomic E-state index is 0.773. The minimum Gasteiger partial charge on any atom is -0.385 e. The van der Waals surface area contributed by atoms with E-state index in [0.717, 1.165) is 19.2 Å². The SMILES string of the molecule is CCNC1CCN(CCCCCOC)CC1. The van der Waals surface area contributed by atoms with Crippen LogP contribution in [0.1, 0.15) is 39.0 Å². The number of nitrogens with zero attached hydrogens (tertiary/aromatic N) is 1. The second kappa shape index (κ2) is 8.97. The van der Waals surface area contributed by atoms with Crippen LogP contribution in [0.5, 0.6) is 0 Å². The molecule has 3 nitrogen and oxygen atoms in total. The van der Waals surface area contributed by atoms with E-state index in [1.165, 1.54) is 51.7 Å². The second-order valence-corrected chi connectivity index (χ2v) is 4.73. The van der Waals surface area contributed by atoms with Crippen molar-refractivity contribution in [1.29, 1.82) is 0 Å². The Kier molecular flexibility index (Phi) is 7.81. The van der Waals surface area contributed by atoms with Gasteiger partial charge >= 0.3 is 0 Å². The molecule has 0 aliphatic carbocycles. The Balaban J connectivity index is 1.95. The summed E-state index contributed by atoms with van der Waals surface area (Å²) in [6, 6.07) is 0.773. The van der Waals surface area contributed by atoms with E-state index >= 15 is 0 Å². The Morgan fingerprint density at radius 3 is 2.56 bits per heavy atom. The molecule has 1 heterocycles. The van der Waals surface area contributed by atoms with Crippen molar-refractivity contribution in [2.45, 2.75) is 45.1 Å². The molecule has 1 aliphatic heterocycles. The number of methoxy groups -OCH3 is 1. The van der Waals surface area contributed by atoms with Crippen molar-refractivity contribution in [3.05, 3.63) is 0 Å². The molecule has 0 bridgehead atoms. The summed E-state index contributed by atoms with van der Waals surface area (Å²) in [5.74, 6) is 0. The van der Waals surface area contributed by atoms with E-state index in [0.29, 0.717) is 0 Å². The zero-order valence-electron chi connectivity index (χ0n) is 11.0. The zero-order chi connectivity index (χ0) is 11.6. The van der Waals surface area contributed by atoms with Crippen LogP contribution in [0.2, 0.25) is 0 Å². The van der Waals surface area contributed by atoms with E-state index in [1.54, 1.807) is 7.11 Å². The van der Waals surface area contributed by atoms with Crippen molar-refractivity contribution in [2.24, 2.45) is 0 Å². The number of unbranched alkanes of at least 4 members (excludes halogenated alkanes) is 2. The van der Waals surface area contributed by atoms with Crippen molar-refractivity contribution in [3.8, 4) is 0 Å². The first kappa shape index (κ1) is 13.9. The maximum absolute atomic E-state index is 5.05. The predicted octanol–water partition coefficient (Wildman–Crippen LogP) is 1.88. The van der Waals surface area contributed by atoms with Crippen LogP contribution in [0.25, 0.3) is 0 Å².